The highest BCUT2D eigenvalue weighted by Crippen LogP contribution is 2.28. The number of carbonyl (C=O) groups is 9. The van der Waals surface area contributed by atoms with Crippen molar-refractivity contribution in [3.63, 3.8) is 0 Å². The minimum atomic E-state index is -1.29. The molecule has 3 aromatic carbocycles. The zero-order valence-electron chi connectivity index (χ0n) is 61.4. The van der Waals surface area contributed by atoms with E-state index < -0.39 is 132 Å². The number of aliphatic hydroxyl groups is 3. The lowest BCUT2D eigenvalue weighted by Crippen LogP contribution is -2.56. The third-order valence-electron chi connectivity index (χ3n) is 16.3. The molecule has 30 heteroatoms. The number of amides is 3. The second kappa shape index (κ2) is 45.0. The minimum absolute atomic E-state index is 0.0306. The first-order valence-electron chi connectivity index (χ1n) is 35.5. The summed E-state index contributed by atoms with van der Waals surface area (Å²) in [7, 11) is 0. The summed E-state index contributed by atoms with van der Waals surface area (Å²) in [6.07, 6.45) is 6.28. The van der Waals surface area contributed by atoms with E-state index in [9.17, 15) is 72.9 Å². The zero-order chi connectivity index (χ0) is 76.8. The molecule has 1 aromatic heterocycles. The fourth-order valence-electron chi connectivity index (χ4n) is 9.85. The molecule has 3 unspecified atom stereocenters. The number of hydrogen-bond donors (Lipinski definition) is 6. The number of nitrogens with one attached hydrogen (secondary N) is 3. The van der Waals surface area contributed by atoms with Gasteiger partial charge in [0.05, 0.1) is 32.9 Å². The predicted octanol–water partition coefficient (Wildman–Crippen LogP) is 8.84. The van der Waals surface area contributed by atoms with Crippen molar-refractivity contribution < 1.29 is 101 Å². The van der Waals surface area contributed by atoms with Gasteiger partial charge in [-0.05, 0) is 160 Å². The summed E-state index contributed by atoms with van der Waals surface area (Å²) < 4.78 is 49.5. The first-order chi connectivity index (χ1) is 49.3. The highest BCUT2D eigenvalue weighted by molar-refractivity contribution is 5.91. The SMILES string of the molecule is CCCCCCC(C)(C)C(=O)OCC(O)COC(=O)c1ccc(OC(=O)NCCCCCCn2c(=O)n(CCCCCCNC(=O)Oc3ccc(C(=O)OCC(O)COC(=O)C(C)(C)C)cc3)c(=O)n(CNC(=O)Oc3ccc(C(=O)OCC(O)COC(=O)C(C)(C)CCCCCC)cc3)c2=O)cc1. The molecule has 4 aromatic rings. The molecule has 1 heterocycles. The van der Waals surface area contributed by atoms with Crippen LogP contribution in [0.4, 0.5) is 14.4 Å². The van der Waals surface area contributed by atoms with Crippen molar-refractivity contribution in [2.45, 2.75) is 216 Å². The van der Waals surface area contributed by atoms with E-state index >= 15 is 0 Å². The number of rotatable bonds is 46. The number of esters is 6. The Kier molecular flexibility index (Phi) is 37.6. The molecule has 0 saturated heterocycles. The minimum Gasteiger partial charge on any atom is -0.462 e. The summed E-state index contributed by atoms with van der Waals surface area (Å²) in [6, 6.07) is 16.1. The van der Waals surface area contributed by atoms with Crippen LogP contribution in [0.2, 0.25) is 0 Å². The topological polar surface area (TPSA) is 399 Å². The first-order valence-corrected chi connectivity index (χ1v) is 35.5. The molecule has 0 saturated carbocycles. The molecule has 30 nitrogen and oxygen atoms in total. The third kappa shape index (κ3) is 32.1. The van der Waals surface area contributed by atoms with Gasteiger partial charge in [-0.25, -0.2) is 56.9 Å². The Bertz CT molecular complexity index is 3580. The average Bonchev–Trinajstić information content (AvgIpc) is 0.784. The van der Waals surface area contributed by atoms with Crippen molar-refractivity contribution >= 4 is 54.1 Å². The summed E-state index contributed by atoms with van der Waals surface area (Å²) in [5, 5.41) is 38.4. The Labute approximate surface area is 605 Å². The van der Waals surface area contributed by atoms with E-state index in [4.69, 9.17) is 42.6 Å². The molecule has 0 bridgehead atoms. The van der Waals surface area contributed by atoms with Crippen molar-refractivity contribution in [2.24, 2.45) is 16.2 Å². The molecule has 0 fully saturated rings. The molecule has 576 valence electrons. The van der Waals surface area contributed by atoms with E-state index in [0.29, 0.717) is 55.9 Å². The van der Waals surface area contributed by atoms with Gasteiger partial charge < -0.3 is 73.9 Å². The molecule has 4 rings (SSSR count). The van der Waals surface area contributed by atoms with Crippen LogP contribution in [0.5, 0.6) is 17.2 Å². The van der Waals surface area contributed by atoms with Gasteiger partial charge in [-0.3, -0.25) is 14.4 Å². The highest BCUT2D eigenvalue weighted by atomic mass is 16.6. The van der Waals surface area contributed by atoms with Gasteiger partial charge in [-0.2, -0.15) is 0 Å². The smallest absolute Gasteiger partial charge is 0.414 e. The predicted molar refractivity (Wildman–Crippen MR) is 379 cm³/mol. The number of ether oxygens (including phenoxy) is 9. The van der Waals surface area contributed by atoms with Crippen LogP contribution < -0.4 is 47.2 Å². The Morgan fingerprint density at radius 2 is 0.654 bits per heavy atom. The van der Waals surface area contributed by atoms with Crippen LogP contribution in [0.15, 0.2) is 87.2 Å². The summed E-state index contributed by atoms with van der Waals surface area (Å²) in [5.41, 5.74) is -4.91. The lowest BCUT2D eigenvalue weighted by molar-refractivity contribution is -0.158. The van der Waals surface area contributed by atoms with Gasteiger partial charge in [-0.1, -0.05) is 90.9 Å². The number of nitrogens with zero attached hydrogens (tertiary/aromatic N) is 3. The fraction of sp³-hybridized carbons (Fsp3) is 0.595. The maximum atomic E-state index is 13.9. The first kappa shape index (κ1) is 87.0. The summed E-state index contributed by atoms with van der Waals surface area (Å²) in [6.45, 7) is 13.3. The summed E-state index contributed by atoms with van der Waals surface area (Å²) in [5.74, 6) is -3.62. The van der Waals surface area contributed by atoms with E-state index in [1.54, 1.807) is 48.5 Å². The van der Waals surface area contributed by atoms with Crippen LogP contribution in [-0.4, -0.2) is 154 Å². The second-order valence-electron chi connectivity index (χ2n) is 27.5. The summed E-state index contributed by atoms with van der Waals surface area (Å²) in [4.78, 5) is 155. The largest absolute Gasteiger partial charge is 0.462 e. The number of benzene rings is 3. The van der Waals surface area contributed by atoms with E-state index in [0.717, 1.165) is 60.5 Å². The van der Waals surface area contributed by atoms with Crippen LogP contribution >= 0.6 is 0 Å². The normalized spacial score (nSPS) is 12.3. The van der Waals surface area contributed by atoms with Crippen molar-refractivity contribution in [1.29, 1.82) is 0 Å². The Morgan fingerprint density at radius 1 is 0.365 bits per heavy atom. The van der Waals surface area contributed by atoms with Crippen LogP contribution in [0.3, 0.4) is 0 Å². The van der Waals surface area contributed by atoms with Gasteiger partial charge >= 0.3 is 71.2 Å². The van der Waals surface area contributed by atoms with Gasteiger partial charge in [-0.15, -0.1) is 0 Å². The van der Waals surface area contributed by atoms with Gasteiger partial charge in [0.15, 0.2) is 0 Å². The zero-order valence-corrected chi connectivity index (χ0v) is 61.4. The fourth-order valence-corrected chi connectivity index (χ4v) is 9.85. The van der Waals surface area contributed by atoms with Crippen molar-refractivity contribution in [3.8, 4) is 17.2 Å². The number of aromatic nitrogens is 3. The summed E-state index contributed by atoms with van der Waals surface area (Å²) >= 11 is 0. The molecular formula is C74H106N6O24. The third-order valence-corrected chi connectivity index (χ3v) is 16.3. The van der Waals surface area contributed by atoms with Gasteiger partial charge in [0.25, 0.3) is 0 Å². The Balaban J connectivity index is 1.28. The van der Waals surface area contributed by atoms with Crippen LogP contribution in [0.1, 0.15) is 209 Å². The quantitative estimate of drug-likeness (QED) is 0.0137. The number of aliphatic hydroxyl groups excluding tert-OH is 3. The Morgan fingerprint density at radius 3 is 0.981 bits per heavy atom. The number of unbranched alkanes of at least 4 members (excludes halogenated alkanes) is 12. The number of carbonyl (C=O) groups excluding carboxylic acids is 9. The molecule has 0 aliphatic rings. The molecular weight excluding hydrogens is 1360 g/mol. The van der Waals surface area contributed by atoms with Gasteiger partial charge in [0.1, 0.15) is 81.9 Å². The molecule has 0 aliphatic heterocycles. The monoisotopic (exact) mass is 1460 g/mol. The van der Waals surface area contributed by atoms with Crippen molar-refractivity contribution in [3.05, 3.63) is 121 Å². The standard InChI is InChI=1S/C74H106N6O24/c1-10-12-14-20-38-73(6,7)64(88)100-48-55(82)45-97-61(85)52-28-34-58(35-29-52)103-67(91)76-41-23-17-19-25-43-79-69(93)78(42-24-18-16-22-40-75-66(90)102-57-32-26-51(27-33-57)60(84)96-44-54(81)47-99-63(87)72(3,4)5)70(94)80(71(79)95)50-77-68(92)104-59-36-30-53(31-37-59)62(86)98-46-56(83)49-101-65(89)74(8,9)39-21-15-13-11-2/h26-37,54-56,81-83H,10-25,38-50H2,1-9H3,(H,75,90)(H,76,91)(H,77,92). The molecule has 0 radical (unpaired) electrons. The van der Waals surface area contributed by atoms with Crippen molar-refractivity contribution in [1.82, 2.24) is 29.7 Å². The molecule has 104 heavy (non-hydrogen) atoms. The van der Waals surface area contributed by atoms with Gasteiger partial charge in [0, 0.05) is 26.2 Å². The van der Waals surface area contributed by atoms with E-state index in [1.807, 2.05) is 0 Å². The maximum absolute atomic E-state index is 13.9. The molecule has 6 N–H and O–H groups in total. The Hall–Kier alpha value is -9.42. The van der Waals surface area contributed by atoms with E-state index in [2.05, 4.69) is 29.8 Å². The van der Waals surface area contributed by atoms with Crippen LogP contribution in [-0.2, 0) is 62.6 Å². The molecule has 3 amide bonds. The number of hydrogen-bond acceptors (Lipinski definition) is 24. The lowest BCUT2D eigenvalue weighted by Gasteiger charge is -2.23. The van der Waals surface area contributed by atoms with Crippen molar-refractivity contribution in [2.75, 3.05) is 52.7 Å². The van der Waals surface area contributed by atoms with E-state index in [1.165, 1.54) is 72.8 Å². The molecule has 0 aliphatic carbocycles. The molecule has 0 spiro atoms. The maximum Gasteiger partial charge on any atom is 0.414 e. The average molecular weight is 1460 g/mol. The second-order valence-corrected chi connectivity index (χ2v) is 27.5. The highest BCUT2D eigenvalue weighted by Gasteiger charge is 2.31. The van der Waals surface area contributed by atoms with Crippen LogP contribution in [0, 0.1) is 16.2 Å². The van der Waals surface area contributed by atoms with Crippen LogP contribution in [0.25, 0.3) is 0 Å². The molecule has 3 atom stereocenters. The lowest BCUT2D eigenvalue weighted by atomic mass is 9.87. The van der Waals surface area contributed by atoms with E-state index in [-0.39, 0.29) is 92.8 Å². The van der Waals surface area contributed by atoms with Gasteiger partial charge in [0.2, 0.25) is 0 Å².